The van der Waals surface area contributed by atoms with E-state index in [0.29, 0.717) is 74.6 Å². The number of aromatic nitrogens is 2. The second kappa shape index (κ2) is 38.8. The van der Waals surface area contributed by atoms with Crippen molar-refractivity contribution < 1.29 is 37.9 Å². The Morgan fingerprint density at radius 1 is 0.701 bits per heavy atom. The normalized spacial score (nSPS) is 18.8. The Morgan fingerprint density at radius 2 is 1.33 bits per heavy atom. The molecule has 5 amide bonds. The van der Waals surface area contributed by atoms with Crippen LogP contribution in [0.4, 0.5) is 4.39 Å². The molecule has 6 heterocycles. The predicted octanol–water partition coefficient (Wildman–Crippen LogP) is 10.0. The molecule has 1 aromatic heterocycles. The van der Waals surface area contributed by atoms with Crippen LogP contribution in [0.15, 0.2) is 71.5 Å². The predicted molar refractivity (Wildman–Crippen MR) is 344 cm³/mol. The summed E-state index contributed by atoms with van der Waals surface area (Å²) in [7, 11) is 0. The number of benzene rings is 3. The van der Waals surface area contributed by atoms with Crippen molar-refractivity contribution in [2.75, 3.05) is 105 Å². The molecule has 480 valence electrons. The number of fused-ring (bicyclic) bond motifs is 1. The molecule has 2 atom stereocenters. The Labute approximate surface area is 518 Å². The number of rotatable bonds is 15. The lowest BCUT2D eigenvalue weighted by Crippen LogP contribution is -2.57. The summed E-state index contributed by atoms with van der Waals surface area (Å²) in [6.45, 7) is 28.6. The highest BCUT2D eigenvalue weighted by Crippen LogP contribution is 2.31. The number of unbranched alkanes of at least 4 members (excludes halogenated alkanes) is 2. The maximum absolute atomic E-state index is 14.4. The summed E-state index contributed by atoms with van der Waals surface area (Å²) in [6.07, 6.45) is 17.1. The number of piperidine rings is 2. The van der Waals surface area contributed by atoms with Gasteiger partial charge in [0.1, 0.15) is 18.1 Å². The van der Waals surface area contributed by atoms with Gasteiger partial charge in [-0.2, -0.15) is 5.10 Å². The van der Waals surface area contributed by atoms with Gasteiger partial charge in [-0.25, -0.2) is 9.49 Å². The summed E-state index contributed by atoms with van der Waals surface area (Å²) in [4.78, 5) is 97.3. The summed E-state index contributed by atoms with van der Waals surface area (Å²) >= 11 is 0. The largest absolute Gasteiger partial charge is 0.380 e. The zero-order valence-corrected chi connectivity index (χ0v) is 53.9. The van der Waals surface area contributed by atoms with E-state index in [9.17, 15) is 33.2 Å². The molecule has 0 radical (unpaired) electrons. The number of amides is 5. The number of hydrogen-bond acceptors (Lipinski definition) is 11. The number of H-pyrrole nitrogens is 1. The number of ether oxygens (including phenoxy) is 1. The fourth-order valence-corrected chi connectivity index (χ4v) is 11.8. The zero-order valence-electron chi connectivity index (χ0n) is 53.9. The molecule has 5 saturated heterocycles. The maximum atomic E-state index is 14.4. The number of carbonyl (C=O) groups excluding carboxylic acids is 6. The fourth-order valence-electron chi connectivity index (χ4n) is 11.8. The smallest absolute Gasteiger partial charge is 0.272 e. The molecule has 6 aliphatic rings. The maximum Gasteiger partial charge on any atom is 0.272 e. The number of likely N-dealkylation sites (tertiary alicyclic amines) is 2. The van der Waals surface area contributed by atoms with Crippen molar-refractivity contribution in [1.29, 1.82) is 0 Å². The van der Waals surface area contributed by atoms with Gasteiger partial charge in [-0.3, -0.25) is 33.7 Å². The van der Waals surface area contributed by atoms with Gasteiger partial charge in [0.05, 0.1) is 35.8 Å². The molecule has 5 aliphatic heterocycles. The van der Waals surface area contributed by atoms with Gasteiger partial charge in [0.25, 0.3) is 17.4 Å². The molecule has 0 spiro atoms. The molecule has 10 rings (SSSR count). The number of nitrogens with zero attached hydrogens (tertiary/aromatic N) is 7. The van der Waals surface area contributed by atoms with Crippen LogP contribution < -0.4 is 10.9 Å². The van der Waals surface area contributed by atoms with Gasteiger partial charge in [-0.1, -0.05) is 130 Å². The quantitative estimate of drug-likeness (QED) is 0.108. The minimum atomic E-state index is -0.587. The van der Waals surface area contributed by atoms with Gasteiger partial charge in [0.15, 0.2) is 0 Å². The Bertz CT molecular complexity index is 2770. The van der Waals surface area contributed by atoms with Crippen LogP contribution >= 0.6 is 0 Å². The highest BCUT2D eigenvalue weighted by molar-refractivity contribution is 5.98. The van der Waals surface area contributed by atoms with Crippen molar-refractivity contribution >= 4 is 47.1 Å². The number of carbonyl (C=O) groups is 6. The molecule has 4 aromatic rings. The number of halogens is 1. The molecular weight excluding hydrogens is 1100 g/mol. The molecule has 6 fully saturated rings. The average Bonchev–Trinajstić information content (AvgIpc) is 3.76. The van der Waals surface area contributed by atoms with E-state index < -0.39 is 17.8 Å². The van der Waals surface area contributed by atoms with Crippen LogP contribution in [0.25, 0.3) is 10.8 Å². The monoisotopic (exact) mass is 1210 g/mol. The van der Waals surface area contributed by atoms with Crippen molar-refractivity contribution in [2.24, 2.45) is 17.8 Å². The lowest BCUT2D eigenvalue weighted by molar-refractivity contribution is -0.151. The highest BCUT2D eigenvalue weighted by Gasteiger charge is 2.37. The molecule has 2 N–H and O–H groups in total. The third kappa shape index (κ3) is 21.7. The van der Waals surface area contributed by atoms with Gasteiger partial charge in [-0.15, -0.1) is 0 Å². The molecule has 87 heavy (non-hydrogen) atoms. The van der Waals surface area contributed by atoms with Gasteiger partial charge in [-0.05, 0) is 118 Å². The third-order valence-electron chi connectivity index (χ3n) is 17.5. The molecule has 1 aliphatic carbocycles. The minimum Gasteiger partial charge on any atom is -0.380 e. The van der Waals surface area contributed by atoms with E-state index in [0.717, 1.165) is 114 Å². The summed E-state index contributed by atoms with van der Waals surface area (Å²) in [5, 5.41) is 11.1. The molecule has 1 saturated carbocycles. The average molecular weight is 1210 g/mol. The van der Waals surface area contributed by atoms with Crippen molar-refractivity contribution in [3.05, 3.63) is 111 Å². The van der Waals surface area contributed by atoms with E-state index in [1.807, 2.05) is 54.0 Å². The highest BCUT2D eigenvalue weighted by atomic mass is 19.1. The standard InChI is InChI=1S/C36H55N5O4.C21H19FN4O3.2C4H10.C2H4O.C2H6/c1-2-38-16-13-27(14-17-38)23-39-18-20-40(21-19-39)36(44)33(28-8-4-3-5-9-28)37-34(42)30-11-6-10-29(22-30)31-12-7-15-41(24-31)35(43)32-25-45-26-32;22-18-6-5-14(11-17(18)21(29)26-9-7-25(13-27)8-10-26)12-19-15-3-1-2-4-16(15)20(28)24-23-19;2*1-3-4-2;1-2-3;1-2/h6,10-11,22,27-28,31-33H,2-5,7-9,12-21,23-26H2,1H3,(H,37,42);1-6,11,13H,7-10,12H2,(H,24,28);2*3-4H2,1-2H3;2H,1H3;1-2H3. The van der Waals surface area contributed by atoms with Gasteiger partial charge in [0, 0.05) is 95.3 Å². The van der Waals surface area contributed by atoms with Crippen LogP contribution in [0.5, 0.6) is 0 Å². The topological polar surface area (TPSA) is 189 Å². The first-order valence-corrected chi connectivity index (χ1v) is 32.9. The molecular formula is C69H104FN9O8. The first-order valence-electron chi connectivity index (χ1n) is 32.9. The van der Waals surface area contributed by atoms with Crippen molar-refractivity contribution in [2.45, 2.75) is 157 Å². The number of nitrogens with one attached hydrogen (secondary N) is 2. The van der Waals surface area contributed by atoms with E-state index in [2.05, 4.69) is 66.0 Å². The van der Waals surface area contributed by atoms with Crippen LogP contribution in [-0.2, 0) is 30.3 Å². The minimum absolute atomic E-state index is 0.00188. The molecule has 17 nitrogen and oxygen atoms in total. The number of aldehydes is 1. The zero-order chi connectivity index (χ0) is 63.1. The van der Waals surface area contributed by atoms with Crippen LogP contribution in [0.2, 0.25) is 0 Å². The Kier molecular flexibility index (Phi) is 31.8. The summed E-state index contributed by atoms with van der Waals surface area (Å²) in [5.41, 5.74) is 2.79. The summed E-state index contributed by atoms with van der Waals surface area (Å²) in [5.74, 6) is 0.321. The van der Waals surface area contributed by atoms with Crippen LogP contribution in [-0.4, -0.2) is 187 Å². The van der Waals surface area contributed by atoms with Crippen LogP contribution in [0.3, 0.4) is 0 Å². The molecule has 3 aromatic carbocycles. The lowest BCUT2D eigenvalue weighted by Gasteiger charge is -2.40. The van der Waals surface area contributed by atoms with Crippen LogP contribution in [0, 0.1) is 23.6 Å². The number of hydrogen-bond donors (Lipinski definition) is 2. The van der Waals surface area contributed by atoms with E-state index in [4.69, 9.17) is 9.53 Å². The number of aromatic amines is 1. The summed E-state index contributed by atoms with van der Waals surface area (Å²) < 4.78 is 19.6. The van der Waals surface area contributed by atoms with Gasteiger partial charge < -0.3 is 39.3 Å². The van der Waals surface area contributed by atoms with Crippen molar-refractivity contribution in [3.8, 4) is 0 Å². The van der Waals surface area contributed by atoms with Crippen molar-refractivity contribution in [1.82, 2.24) is 44.9 Å². The Balaban J connectivity index is 0.000000281. The summed E-state index contributed by atoms with van der Waals surface area (Å²) in [6, 6.07) is 19.0. The SMILES string of the molecule is CC.CC=O.CCCC.CCCC.CCN1CCC(CN2CCN(C(=O)C(NC(=O)c3cccc(C4CCCN(C(=O)C5COC5)C4)c3)C3CCCCC3)CC2)CC1.O=CN1CCN(C(=O)c2cc(Cc3n[nH]c(=O)c4ccccc34)ccc2F)CC1. The lowest BCUT2D eigenvalue weighted by atomic mass is 9.83. The van der Waals surface area contributed by atoms with Gasteiger partial charge >= 0.3 is 0 Å². The molecule has 2 unspecified atom stereocenters. The van der Waals surface area contributed by atoms with E-state index in [-0.39, 0.29) is 46.6 Å². The first-order chi connectivity index (χ1) is 42.3. The molecule has 18 heteroatoms. The van der Waals surface area contributed by atoms with E-state index in [1.165, 1.54) is 77.1 Å². The third-order valence-corrected chi connectivity index (χ3v) is 17.5. The van der Waals surface area contributed by atoms with Crippen LogP contribution in [0.1, 0.15) is 182 Å². The fraction of sp³-hybridized carbons (Fsp3) is 0.623. The van der Waals surface area contributed by atoms with E-state index in [1.54, 1.807) is 28.0 Å². The number of piperazine rings is 2. The second-order valence-electron chi connectivity index (χ2n) is 23.5. The first kappa shape index (κ1) is 71.4. The Hall–Kier alpha value is -6.37. The second-order valence-corrected chi connectivity index (χ2v) is 23.5. The van der Waals surface area contributed by atoms with Gasteiger partial charge in [0.2, 0.25) is 18.2 Å². The molecule has 0 bridgehead atoms. The van der Waals surface area contributed by atoms with Crippen molar-refractivity contribution in [3.63, 3.8) is 0 Å². The Morgan fingerprint density at radius 3 is 1.93 bits per heavy atom. The van der Waals surface area contributed by atoms with E-state index >= 15 is 0 Å².